The van der Waals surface area contributed by atoms with Crippen LogP contribution in [0.15, 0.2) is 0 Å². The van der Waals surface area contributed by atoms with E-state index in [0.717, 1.165) is 0 Å². The summed E-state index contributed by atoms with van der Waals surface area (Å²) in [5.74, 6) is 0. The molecule has 112 valence electrons. The normalized spacial score (nSPS) is 5.79. The van der Waals surface area contributed by atoms with E-state index in [0.29, 0.717) is 21.7 Å². The van der Waals surface area contributed by atoms with Crippen LogP contribution in [0.2, 0.25) is 0 Å². The average Bonchev–Trinajstić information content (AvgIpc) is 2.14. The number of hydrogen-bond acceptors (Lipinski definition) is 4. The van der Waals surface area contributed by atoms with Crippen molar-refractivity contribution in [2.24, 2.45) is 11.5 Å². The van der Waals surface area contributed by atoms with Gasteiger partial charge in [0.05, 0.1) is 0 Å². The smallest absolute Gasteiger partial charge is 0.130 e. The van der Waals surface area contributed by atoms with Crippen LogP contribution in [0.4, 0.5) is 0 Å². The van der Waals surface area contributed by atoms with Gasteiger partial charge in [-0.2, -0.15) is 0 Å². The number of thiocarbonyl (C=S) groups is 4. The van der Waals surface area contributed by atoms with E-state index in [4.69, 9.17) is 0 Å². The molecule has 0 spiro atoms. The van der Waals surface area contributed by atoms with Crippen molar-refractivity contribution in [3.05, 3.63) is 14.9 Å². The minimum Gasteiger partial charge on any atom is -0.570 e. The first-order chi connectivity index (χ1) is 7.45. The number of nitrogens with one attached hydrogen (secondary N) is 2. The Morgan fingerprint density at radius 2 is 1.05 bits per heavy atom. The Bertz CT molecular complexity index is 195. The zero-order valence-corrected chi connectivity index (χ0v) is 18.8. The molecule has 0 aromatic heterocycles. The Hall–Kier alpha value is 0.883. The summed E-state index contributed by atoms with van der Waals surface area (Å²) < 4.78 is 0.985. The zero-order valence-electron chi connectivity index (χ0n) is 10.8. The molecule has 0 aromatic rings. The van der Waals surface area contributed by atoms with Crippen LogP contribution in [0.3, 0.4) is 0 Å². The minimum atomic E-state index is 0. The third-order valence-electron chi connectivity index (χ3n) is 0.677. The number of nitrogens with two attached hydrogens (primary N) is 2. The van der Waals surface area contributed by atoms with E-state index >= 15 is 0 Å². The molecule has 0 unspecified atom stereocenters. The zero-order chi connectivity index (χ0) is 13.4. The fraction of sp³-hybridized carbons (Fsp3) is 0.250. The van der Waals surface area contributed by atoms with Crippen molar-refractivity contribution < 1.29 is 19.5 Å². The van der Waals surface area contributed by atoms with Gasteiger partial charge in [-0.05, 0) is 0 Å². The van der Waals surface area contributed by atoms with Crippen molar-refractivity contribution >= 4 is 93.8 Å². The van der Waals surface area contributed by atoms with Gasteiger partial charge >= 0.3 is 0 Å². The standard InChI is InChI=1S/C4H8N2S4.2CH2NS.2CH3.Zn/c7-3(8)5-1-2-6-4(9)10;2*2-1-3;;;/h1-2H2,(H2,5,7,8)(H2,6,9,10);2*(H2,2,3);2*1H3;/q;4*-1;. The maximum absolute atomic E-state index is 4.65. The van der Waals surface area contributed by atoms with Gasteiger partial charge in [0, 0.05) is 32.6 Å². The molecule has 0 heterocycles. The summed E-state index contributed by atoms with van der Waals surface area (Å²) in [4.78, 5) is 0. The average molecular weight is 428 g/mol. The van der Waals surface area contributed by atoms with Gasteiger partial charge in [0.15, 0.2) is 0 Å². The van der Waals surface area contributed by atoms with E-state index in [1.165, 1.54) is 0 Å². The molecule has 0 saturated heterocycles. The molecule has 0 aliphatic heterocycles. The van der Waals surface area contributed by atoms with Crippen molar-refractivity contribution in [2.45, 2.75) is 0 Å². The molecule has 0 bridgehead atoms. The largest absolute Gasteiger partial charge is 0.570 e. The summed E-state index contributed by atoms with van der Waals surface area (Å²) in [7, 11) is 0. The predicted octanol–water partition coefficient (Wildman–Crippen LogP) is 1.05. The Labute approximate surface area is 162 Å². The van der Waals surface area contributed by atoms with Crippen LogP contribution in [0, 0.1) is 14.9 Å². The van der Waals surface area contributed by atoms with E-state index < -0.39 is 0 Å². The topological polar surface area (TPSA) is 76.1 Å². The molecule has 6 N–H and O–H groups in total. The van der Waals surface area contributed by atoms with Crippen LogP contribution in [0.1, 0.15) is 0 Å². The summed E-state index contributed by atoms with van der Waals surface area (Å²) in [5.41, 5.74) is 12.5. The van der Waals surface area contributed by atoms with Gasteiger partial charge in [0.2, 0.25) is 0 Å². The Morgan fingerprint density at radius 3 is 1.16 bits per heavy atom. The van der Waals surface area contributed by atoms with Gasteiger partial charge in [0.25, 0.3) is 0 Å². The van der Waals surface area contributed by atoms with E-state index in [9.17, 15) is 0 Å². The number of rotatable bonds is 3. The summed E-state index contributed by atoms with van der Waals surface area (Å²) in [6.45, 7) is 1.42. The fourth-order valence-corrected chi connectivity index (χ4v) is 0.767. The SMILES string of the molecule is N[C-]=S.N[C-]=S.S=C(S)NCCNC(=S)S.[CH3-].[CH3-].[Zn]. The van der Waals surface area contributed by atoms with E-state index in [-0.39, 0.29) is 34.3 Å². The molecular weight excluding hydrogens is 410 g/mol. The van der Waals surface area contributed by atoms with E-state index in [1.807, 2.05) is 11.0 Å². The summed E-state index contributed by atoms with van der Waals surface area (Å²) >= 11 is 24.9. The molecule has 0 radical (unpaired) electrons. The van der Waals surface area contributed by atoms with Crippen molar-refractivity contribution in [2.75, 3.05) is 13.1 Å². The van der Waals surface area contributed by atoms with Gasteiger partial charge in [0.1, 0.15) is 8.64 Å². The van der Waals surface area contributed by atoms with Gasteiger partial charge in [-0.15, -0.1) is 25.3 Å². The predicted molar refractivity (Wildman–Crippen MR) is 106 cm³/mol. The van der Waals surface area contributed by atoms with Crippen molar-refractivity contribution in [3.63, 3.8) is 0 Å². The van der Waals surface area contributed by atoms with E-state index in [2.05, 4.69) is 96.2 Å². The van der Waals surface area contributed by atoms with Crippen LogP contribution >= 0.6 is 74.1 Å². The second-order valence-electron chi connectivity index (χ2n) is 1.70. The van der Waals surface area contributed by atoms with Crippen molar-refractivity contribution in [1.29, 1.82) is 0 Å². The molecular formula is C8H18N4S6Zn-4. The molecule has 0 aliphatic rings. The Morgan fingerprint density at radius 1 is 0.895 bits per heavy atom. The second-order valence-corrected chi connectivity index (χ2v) is 4.49. The van der Waals surface area contributed by atoms with Crippen LogP contribution in [-0.2, 0) is 19.5 Å². The van der Waals surface area contributed by atoms with Crippen LogP contribution in [0.5, 0.6) is 0 Å². The molecule has 4 nitrogen and oxygen atoms in total. The third-order valence-corrected chi connectivity index (χ3v) is 1.28. The van der Waals surface area contributed by atoms with Crippen LogP contribution in [-0.4, -0.2) is 32.7 Å². The summed E-state index contributed by atoms with van der Waals surface area (Å²) in [6.07, 6.45) is 0. The van der Waals surface area contributed by atoms with Crippen LogP contribution < -0.4 is 22.1 Å². The molecule has 0 amide bonds. The van der Waals surface area contributed by atoms with Crippen molar-refractivity contribution in [3.8, 4) is 0 Å². The summed E-state index contributed by atoms with van der Waals surface area (Å²) in [5, 5.41) is 5.68. The monoisotopic (exact) mass is 426 g/mol. The third kappa shape index (κ3) is 86.6. The van der Waals surface area contributed by atoms with Gasteiger partial charge in [-0.3, -0.25) is 0 Å². The first-order valence-electron chi connectivity index (χ1n) is 3.55. The molecule has 19 heavy (non-hydrogen) atoms. The van der Waals surface area contributed by atoms with Gasteiger partial charge < -0.3 is 72.4 Å². The maximum Gasteiger partial charge on any atom is 0.130 e. The molecule has 0 saturated carbocycles. The van der Waals surface area contributed by atoms with Gasteiger partial charge in [-0.1, -0.05) is 24.4 Å². The maximum atomic E-state index is 4.65. The van der Waals surface area contributed by atoms with Gasteiger partial charge in [-0.25, -0.2) is 0 Å². The second kappa shape index (κ2) is 36.4. The minimum absolute atomic E-state index is 0. The molecule has 0 fully saturated rings. The van der Waals surface area contributed by atoms with Crippen LogP contribution in [0.25, 0.3) is 0 Å². The van der Waals surface area contributed by atoms with E-state index in [1.54, 1.807) is 0 Å². The molecule has 0 aromatic carbocycles. The summed E-state index contributed by atoms with van der Waals surface area (Å²) in [6, 6.07) is 0. The first kappa shape index (κ1) is 36.8. The Kier molecular flexibility index (Phi) is 70.4. The number of thiol groups is 2. The Balaban J connectivity index is -0.0000000406. The fourth-order valence-electron chi connectivity index (χ4n) is 0.339. The first-order valence-corrected chi connectivity index (χ1v) is 6.08. The molecule has 11 heteroatoms. The molecule has 0 atom stereocenters. The molecule has 0 aliphatic carbocycles. The van der Waals surface area contributed by atoms with Crippen molar-refractivity contribution in [1.82, 2.24) is 10.6 Å². The number of hydrogen-bond donors (Lipinski definition) is 6. The quantitative estimate of drug-likeness (QED) is 0.0996. The molecule has 0 rings (SSSR count).